The molecule has 0 aliphatic rings. The molecule has 1 atom stereocenters. The maximum Gasteiger partial charge on any atom is 0.310 e. The van der Waals surface area contributed by atoms with Crippen LogP contribution in [0.3, 0.4) is 0 Å². The Labute approximate surface area is 151 Å². The molecule has 2 aromatic rings. The van der Waals surface area contributed by atoms with Crippen LogP contribution in [0, 0.1) is 0 Å². The van der Waals surface area contributed by atoms with E-state index >= 15 is 0 Å². The fourth-order valence-corrected chi connectivity index (χ4v) is 2.49. The Balaban J connectivity index is 1.79. The summed E-state index contributed by atoms with van der Waals surface area (Å²) >= 11 is 5.94. The molecule has 1 N–H and O–H groups in total. The molecule has 0 saturated carbocycles. The molecule has 1 amide bonds. The number of ether oxygens (including phenoxy) is 2. The van der Waals surface area contributed by atoms with Crippen LogP contribution >= 0.6 is 11.6 Å². The minimum Gasteiger partial charge on any atom is -0.497 e. The first kappa shape index (κ1) is 18.8. The van der Waals surface area contributed by atoms with Crippen molar-refractivity contribution in [3.05, 3.63) is 64.7 Å². The zero-order valence-electron chi connectivity index (χ0n) is 14.1. The van der Waals surface area contributed by atoms with Crippen LogP contribution in [0.15, 0.2) is 48.5 Å². The van der Waals surface area contributed by atoms with Crippen LogP contribution < -0.4 is 10.1 Å². The number of halogens is 1. The fourth-order valence-electron chi connectivity index (χ4n) is 2.29. The number of benzene rings is 2. The first-order valence-corrected chi connectivity index (χ1v) is 8.19. The van der Waals surface area contributed by atoms with Gasteiger partial charge in [0.15, 0.2) is 6.61 Å². The Morgan fingerprint density at radius 1 is 1.16 bits per heavy atom. The lowest BCUT2D eigenvalue weighted by Gasteiger charge is -2.14. The van der Waals surface area contributed by atoms with E-state index in [1.54, 1.807) is 43.5 Å². The summed E-state index contributed by atoms with van der Waals surface area (Å²) < 4.78 is 10.1. The quantitative estimate of drug-likeness (QED) is 0.768. The van der Waals surface area contributed by atoms with Crippen LogP contribution in [0.5, 0.6) is 5.75 Å². The molecule has 0 aromatic heterocycles. The van der Waals surface area contributed by atoms with Crippen molar-refractivity contribution in [2.75, 3.05) is 13.7 Å². The molecule has 0 saturated heterocycles. The maximum atomic E-state index is 11.9. The molecule has 2 rings (SSSR count). The predicted molar refractivity (Wildman–Crippen MR) is 95.7 cm³/mol. The van der Waals surface area contributed by atoms with Crippen LogP contribution in [-0.2, 0) is 20.7 Å². The summed E-state index contributed by atoms with van der Waals surface area (Å²) in [5.41, 5.74) is 1.64. The van der Waals surface area contributed by atoms with Crippen molar-refractivity contribution in [1.82, 2.24) is 5.32 Å². The third-order valence-corrected chi connectivity index (χ3v) is 3.81. The van der Waals surface area contributed by atoms with Gasteiger partial charge in [-0.2, -0.15) is 0 Å². The first-order chi connectivity index (χ1) is 12.0. The first-order valence-electron chi connectivity index (χ1n) is 7.81. The lowest BCUT2D eigenvalue weighted by Crippen LogP contribution is -2.31. The number of carbonyl (C=O) groups excluding carboxylic acids is 2. The topological polar surface area (TPSA) is 64.6 Å². The van der Waals surface area contributed by atoms with Crippen molar-refractivity contribution >= 4 is 23.5 Å². The van der Waals surface area contributed by atoms with E-state index in [-0.39, 0.29) is 25.0 Å². The largest absolute Gasteiger partial charge is 0.497 e. The number of carbonyl (C=O) groups is 2. The Bertz CT molecular complexity index is 748. The van der Waals surface area contributed by atoms with Gasteiger partial charge in [0.2, 0.25) is 0 Å². The van der Waals surface area contributed by atoms with Crippen molar-refractivity contribution in [3.8, 4) is 5.75 Å². The van der Waals surface area contributed by atoms with Gasteiger partial charge in [0.05, 0.1) is 19.6 Å². The molecule has 132 valence electrons. The number of methoxy groups -OCH3 is 1. The van der Waals surface area contributed by atoms with E-state index in [4.69, 9.17) is 21.1 Å². The number of nitrogens with one attached hydrogen (secondary N) is 1. The van der Waals surface area contributed by atoms with Crippen molar-refractivity contribution in [2.24, 2.45) is 0 Å². The Morgan fingerprint density at radius 2 is 1.92 bits per heavy atom. The minimum absolute atomic E-state index is 0.0777. The summed E-state index contributed by atoms with van der Waals surface area (Å²) in [4.78, 5) is 23.8. The molecule has 0 aliphatic carbocycles. The van der Waals surface area contributed by atoms with Gasteiger partial charge in [-0.1, -0.05) is 35.9 Å². The highest BCUT2D eigenvalue weighted by Crippen LogP contribution is 2.17. The molecule has 5 nitrogen and oxygen atoms in total. The second kappa shape index (κ2) is 9.08. The van der Waals surface area contributed by atoms with Gasteiger partial charge in [-0.15, -0.1) is 0 Å². The molecular formula is C19H20ClNO4. The molecule has 6 heteroatoms. The molecule has 0 heterocycles. The summed E-state index contributed by atoms with van der Waals surface area (Å²) in [7, 11) is 1.56. The smallest absolute Gasteiger partial charge is 0.310 e. The molecule has 0 unspecified atom stereocenters. The van der Waals surface area contributed by atoms with Crippen molar-refractivity contribution < 1.29 is 19.1 Å². The van der Waals surface area contributed by atoms with Gasteiger partial charge in [-0.05, 0) is 42.3 Å². The van der Waals surface area contributed by atoms with Gasteiger partial charge < -0.3 is 14.8 Å². The maximum absolute atomic E-state index is 11.9. The molecule has 0 bridgehead atoms. The SMILES string of the molecule is COc1cccc(CC(=O)OCC(=O)N[C@@H](C)c2cccc(Cl)c2)c1. The normalized spacial score (nSPS) is 11.5. The highest BCUT2D eigenvalue weighted by atomic mass is 35.5. The molecule has 2 aromatic carbocycles. The van der Waals surface area contributed by atoms with E-state index in [0.717, 1.165) is 11.1 Å². The number of amides is 1. The van der Waals surface area contributed by atoms with Gasteiger partial charge in [-0.3, -0.25) is 9.59 Å². The van der Waals surface area contributed by atoms with Crippen LogP contribution in [-0.4, -0.2) is 25.6 Å². The predicted octanol–water partition coefficient (Wildman–Crippen LogP) is 3.31. The average Bonchev–Trinajstić information content (AvgIpc) is 2.60. The van der Waals surface area contributed by atoms with Gasteiger partial charge in [-0.25, -0.2) is 0 Å². The van der Waals surface area contributed by atoms with Gasteiger partial charge >= 0.3 is 5.97 Å². The van der Waals surface area contributed by atoms with Crippen LogP contribution in [0.4, 0.5) is 0 Å². The lowest BCUT2D eigenvalue weighted by atomic mass is 10.1. The lowest BCUT2D eigenvalue weighted by molar-refractivity contribution is -0.148. The van der Waals surface area contributed by atoms with E-state index in [0.29, 0.717) is 10.8 Å². The van der Waals surface area contributed by atoms with E-state index in [2.05, 4.69) is 5.32 Å². The second-order valence-corrected chi connectivity index (χ2v) is 5.97. The molecule has 25 heavy (non-hydrogen) atoms. The zero-order valence-corrected chi connectivity index (χ0v) is 14.9. The van der Waals surface area contributed by atoms with Crippen molar-refractivity contribution in [2.45, 2.75) is 19.4 Å². The minimum atomic E-state index is -0.473. The molecule has 0 fully saturated rings. The number of hydrogen-bond acceptors (Lipinski definition) is 4. The fraction of sp³-hybridized carbons (Fsp3) is 0.263. The highest BCUT2D eigenvalue weighted by Gasteiger charge is 2.13. The summed E-state index contributed by atoms with van der Waals surface area (Å²) in [6, 6.07) is 14.1. The van der Waals surface area contributed by atoms with Gasteiger partial charge in [0, 0.05) is 5.02 Å². The summed E-state index contributed by atoms with van der Waals surface area (Å²) in [6.45, 7) is 1.51. The molecular weight excluding hydrogens is 342 g/mol. The Kier molecular flexibility index (Phi) is 6.83. The van der Waals surface area contributed by atoms with Crippen molar-refractivity contribution in [1.29, 1.82) is 0 Å². The average molecular weight is 362 g/mol. The zero-order chi connectivity index (χ0) is 18.2. The molecule has 0 spiro atoms. The number of hydrogen-bond donors (Lipinski definition) is 1. The summed E-state index contributed by atoms with van der Waals surface area (Å²) in [5, 5.41) is 3.37. The van der Waals surface area contributed by atoms with Crippen LogP contribution in [0.2, 0.25) is 5.02 Å². The number of rotatable bonds is 7. The van der Waals surface area contributed by atoms with Crippen molar-refractivity contribution in [3.63, 3.8) is 0 Å². The van der Waals surface area contributed by atoms with E-state index < -0.39 is 5.97 Å². The van der Waals surface area contributed by atoms with Gasteiger partial charge in [0.1, 0.15) is 5.75 Å². The second-order valence-electron chi connectivity index (χ2n) is 5.53. The third-order valence-electron chi connectivity index (χ3n) is 3.57. The Hall–Kier alpha value is -2.53. The standard InChI is InChI=1S/C19H20ClNO4/c1-13(15-6-4-7-16(20)11-15)21-18(22)12-25-19(23)10-14-5-3-8-17(9-14)24-2/h3-9,11,13H,10,12H2,1-2H3,(H,21,22)/t13-/m0/s1. The monoisotopic (exact) mass is 361 g/mol. The van der Waals surface area contributed by atoms with Gasteiger partial charge in [0.25, 0.3) is 5.91 Å². The number of esters is 1. The third kappa shape index (κ3) is 6.12. The summed E-state index contributed by atoms with van der Waals surface area (Å²) in [5.74, 6) is -0.177. The molecule has 0 radical (unpaired) electrons. The molecule has 0 aliphatic heterocycles. The van der Waals surface area contributed by atoms with Crippen LogP contribution in [0.1, 0.15) is 24.1 Å². The Morgan fingerprint density at radius 3 is 2.64 bits per heavy atom. The highest BCUT2D eigenvalue weighted by molar-refractivity contribution is 6.30. The summed E-state index contributed by atoms with van der Waals surface area (Å²) in [6.07, 6.45) is 0.0777. The van der Waals surface area contributed by atoms with Crippen LogP contribution in [0.25, 0.3) is 0 Å². The van der Waals surface area contributed by atoms with E-state index in [1.807, 2.05) is 19.1 Å². The van der Waals surface area contributed by atoms with E-state index in [9.17, 15) is 9.59 Å². The van der Waals surface area contributed by atoms with E-state index in [1.165, 1.54) is 0 Å².